The molecule has 0 saturated carbocycles. The van der Waals surface area contributed by atoms with Crippen LogP contribution in [0.3, 0.4) is 0 Å². The molecule has 0 aromatic carbocycles. The molecule has 0 aliphatic heterocycles. The highest BCUT2D eigenvalue weighted by Crippen LogP contribution is 2.26. The number of carbonyl (C=O) groups is 1. The van der Waals surface area contributed by atoms with Crippen LogP contribution in [-0.4, -0.2) is 27.8 Å². The van der Waals surface area contributed by atoms with Crippen LogP contribution in [0.1, 0.15) is 10.5 Å². The maximum absolute atomic E-state index is 11.6. The van der Waals surface area contributed by atoms with Crippen molar-refractivity contribution in [2.75, 3.05) is 7.11 Å². The lowest BCUT2D eigenvalue weighted by molar-refractivity contribution is 0.0587. The van der Waals surface area contributed by atoms with E-state index in [1.807, 2.05) is 12.1 Å². The van der Waals surface area contributed by atoms with E-state index in [2.05, 4.69) is 32.7 Å². The second-order valence-corrected chi connectivity index (χ2v) is 4.44. The number of halogens is 1. The zero-order chi connectivity index (χ0) is 12.4. The molecule has 0 radical (unpaired) electrons. The van der Waals surface area contributed by atoms with E-state index in [0.29, 0.717) is 5.69 Å². The van der Waals surface area contributed by atoms with Gasteiger partial charge in [-0.2, -0.15) is 5.10 Å². The summed E-state index contributed by atoms with van der Waals surface area (Å²) in [6, 6.07) is 3.71. The number of esters is 1. The Kier molecular flexibility index (Phi) is 3.41. The molecule has 17 heavy (non-hydrogen) atoms. The van der Waals surface area contributed by atoms with Crippen molar-refractivity contribution in [3.63, 3.8) is 0 Å². The second kappa shape index (κ2) is 4.82. The van der Waals surface area contributed by atoms with Gasteiger partial charge in [-0.3, -0.25) is 9.67 Å². The maximum atomic E-state index is 11.6. The van der Waals surface area contributed by atoms with Gasteiger partial charge in [-0.1, -0.05) is 0 Å². The highest BCUT2D eigenvalue weighted by Gasteiger charge is 2.21. The Bertz CT molecular complexity index is 551. The molecule has 2 aromatic heterocycles. The molecule has 88 valence electrons. The zero-order valence-corrected chi connectivity index (χ0v) is 11.5. The van der Waals surface area contributed by atoms with Gasteiger partial charge >= 0.3 is 5.97 Å². The third-order valence-corrected chi connectivity index (χ3v) is 3.34. The topological polar surface area (TPSA) is 57.0 Å². The minimum atomic E-state index is -0.385. The maximum Gasteiger partial charge on any atom is 0.357 e. The Morgan fingerprint density at radius 2 is 2.06 bits per heavy atom. The van der Waals surface area contributed by atoms with Gasteiger partial charge in [0.2, 0.25) is 0 Å². The first-order valence-corrected chi connectivity index (χ1v) is 5.94. The molecule has 0 bridgehead atoms. The number of hydrogen-bond donors (Lipinski definition) is 0. The molecule has 0 unspecified atom stereocenters. The number of rotatable bonds is 2. The van der Waals surface area contributed by atoms with Gasteiger partial charge in [0.25, 0.3) is 0 Å². The molecule has 0 N–H and O–H groups in total. The van der Waals surface area contributed by atoms with Crippen LogP contribution in [0.4, 0.5) is 0 Å². The van der Waals surface area contributed by atoms with E-state index in [-0.39, 0.29) is 5.97 Å². The molecule has 0 spiro atoms. The van der Waals surface area contributed by atoms with Crippen molar-refractivity contribution in [3.05, 3.63) is 33.8 Å². The van der Waals surface area contributed by atoms with Gasteiger partial charge in [0, 0.05) is 25.0 Å². The fraction of sp³-hybridized carbons (Fsp3) is 0.182. The standard InChI is InChI=1S/C11H10IN3O2/c1-15-10(11(16)17-2)8(12)9(14-15)7-3-5-13-6-4-7/h3-6H,1-2H3. The second-order valence-electron chi connectivity index (χ2n) is 3.36. The van der Waals surface area contributed by atoms with E-state index in [1.54, 1.807) is 19.4 Å². The molecule has 0 saturated heterocycles. The molecule has 0 fully saturated rings. The van der Waals surface area contributed by atoms with E-state index >= 15 is 0 Å². The van der Waals surface area contributed by atoms with Crippen molar-refractivity contribution in [3.8, 4) is 11.3 Å². The Morgan fingerprint density at radius 1 is 1.41 bits per heavy atom. The fourth-order valence-electron chi connectivity index (χ4n) is 1.51. The first kappa shape index (κ1) is 12.0. The Labute approximate surface area is 112 Å². The Morgan fingerprint density at radius 3 is 2.65 bits per heavy atom. The molecular formula is C11H10IN3O2. The molecule has 2 rings (SSSR count). The van der Waals surface area contributed by atoms with Gasteiger partial charge in [-0.15, -0.1) is 0 Å². The average Bonchev–Trinajstić information content (AvgIpc) is 2.65. The number of aromatic nitrogens is 3. The predicted molar refractivity (Wildman–Crippen MR) is 70.5 cm³/mol. The average molecular weight is 343 g/mol. The quantitative estimate of drug-likeness (QED) is 0.617. The molecule has 5 nitrogen and oxygen atoms in total. The SMILES string of the molecule is COC(=O)c1c(I)c(-c2ccncc2)nn1C. The zero-order valence-electron chi connectivity index (χ0n) is 9.35. The minimum Gasteiger partial charge on any atom is -0.464 e. The summed E-state index contributed by atoms with van der Waals surface area (Å²) >= 11 is 2.10. The molecule has 2 aromatic rings. The van der Waals surface area contributed by atoms with E-state index in [0.717, 1.165) is 14.8 Å². The van der Waals surface area contributed by atoms with Gasteiger partial charge < -0.3 is 4.74 Å². The summed E-state index contributed by atoms with van der Waals surface area (Å²) < 4.78 is 7.04. The van der Waals surface area contributed by atoms with Crippen molar-refractivity contribution in [1.29, 1.82) is 0 Å². The number of ether oxygens (including phenoxy) is 1. The summed E-state index contributed by atoms with van der Waals surface area (Å²) in [6.07, 6.45) is 3.38. The van der Waals surface area contributed by atoms with Crippen molar-refractivity contribution >= 4 is 28.6 Å². The van der Waals surface area contributed by atoms with E-state index < -0.39 is 0 Å². The monoisotopic (exact) mass is 343 g/mol. The lowest BCUT2D eigenvalue weighted by Crippen LogP contribution is -2.09. The van der Waals surface area contributed by atoms with Crippen LogP contribution in [0.15, 0.2) is 24.5 Å². The Balaban J connectivity index is 2.56. The summed E-state index contributed by atoms with van der Waals surface area (Å²) in [5, 5.41) is 4.33. The molecule has 2 heterocycles. The smallest absolute Gasteiger partial charge is 0.357 e. The summed E-state index contributed by atoms with van der Waals surface area (Å²) in [4.78, 5) is 15.6. The van der Waals surface area contributed by atoms with Crippen molar-refractivity contribution in [2.45, 2.75) is 0 Å². The van der Waals surface area contributed by atoms with Crippen LogP contribution in [0.25, 0.3) is 11.3 Å². The summed E-state index contributed by atoms with van der Waals surface area (Å²) in [7, 11) is 3.08. The number of aryl methyl sites for hydroxylation is 1. The summed E-state index contributed by atoms with van der Waals surface area (Å²) in [5.74, 6) is -0.385. The number of hydrogen-bond acceptors (Lipinski definition) is 4. The summed E-state index contributed by atoms with van der Waals surface area (Å²) in [6.45, 7) is 0. The molecule has 0 aliphatic rings. The number of carbonyl (C=O) groups excluding carboxylic acids is 1. The third-order valence-electron chi connectivity index (χ3n) is 2.32. The minimum absolute atomic E-state index is 0.385. The molecule has 0 amide bonds. The lowest BCUT2D eigenvalue weighted by Gasteiger charge is -1.99. The van der Waals surface area contributed by atoms with Crippen molar-refractivity contribution in [2.24, 2.45) is 7.05 Å². The lowest BCUT2D eigenvalue weighted by atomic mass is 10.2. The van der Waals surface area contributed by atoms with E-state index in [9.17, 15) is 4.79 Å². The van der Waals surface area contributed by atoms with Gasteiger partial charge in [0.1, 0.15) is 5.69 Å². The molecule has 0 atom stereocenters. The molecule has 6 heteroatoms. The van der Waals surface area contributed by atoms with Crippen LogP contribution < -0.4 is 0 Å². The first-order valence-electron chi connectivity index (χ1n) is 4.86. The van der Waals surface area contributed by atoms with Gasteiger partial charge in [0.15, 0.2) is 5.69 Å². The number of pyridine rings is 1. The van der Waals surface area contributed by atoms with E-state index in [4.69, 9.17) is 4.74 Å². The van der Waals surface area contributed by atoms with Crippen LogP contribution in [0.5, 0.6) is 0 Å². The molecule has 0 aliphatic carbocycles. The van der Waals surface area contributed by atoms with Crippen LogP contribution in [-0.2, 0) is 11.8 Å². The van der Waals surface area contributed by atoms with Crippen LogP contribution in [0.2, 0.25) is 0 Å². The Hall–Kier alpha value is -1.44. The highest BCUT2D eigenvalue weighted by atomic mass is 127. The normalized spacial score (nSPS) is 10.3. The number of methoxy groups -OCH3 is 1. The fourth-order valence-corrected chi connectivity index (χ4v) is 2.50. The highest BCUT2D eigenvalue weighted by molar-refractivity contribution is 14.1. The van der Waals surface area contributed by atoms with Gasteiger partial charge in [0.05, 0.1) is 10.7 Å². The summed E-state index contributed by atoms with van der Waals surface area (Å²) in [5.41, 5.74) is 2.14. The molecular weight excluding hydrogens is 333 g/mol. The van der Waals surface area contributed by atoms with Crippen LogP contribution >= 0.6 is 22.6 Å². The van der Waals surface area contributed by atoms with E-state index in [1.165, 1.54) is 11.8 Å². The van der Waals surface area contributed by atoms with Gasteiger partial charge in [-0.05, 0) is 34.7 Å². The van der Waals surface area contributed by atoms with Crippen molar-refractivity contribution in [1.82, 2.24) is 14.8 Å². The van der Waals surface area contributed by atoms with Gasteiger partial charge in [-0.25, -0.2) is 4.79 Å². The van der Waals surface area contributed by atoms with Crippen molar-refractivity contribution < 1.29 is 9.53 Å². The van der Waals surface area contributed by atoms with Crippen LogP contribution in [0, 0.1) is 3.57 Å². The number of nitrogens with zero attached hydrogens (tertiary/aromatic N) is 3. The third kappa shape index (κ3) is 2.17. The predicted octanol–water partition coefficient (Wildman–Crippen LogP) is 1.87. The first-order chi connectivity index (χ1) is 8.15. The largest absolute Gasteiger partial charge is 0.464 e.